The minimum Gasteiger partial charge on any atom is -0.320 e. The fourth-order valence-electron chi connectivity index (χ4n) is 2.32. The van der Waals surface area contributed by atoms with Crippen LogP contribution in [0.25, 0.3) is 0 Å². The summed E-state index contributed by atoms with van der Waals surface area (Å²) >= 11 is 3.38. The lowest BCUT2D eigenvalue weighted by Crippen LogP contribution is -2.20. The first-order chi connectivity index (χ1) is 11.9. The number of rotatable bonds is 5. The topological polar surface area (TPSA) is 99.7 Å². The molecule has 130 valence electrons. The lowest BCUT2D eigenvalue weighted by Gasteiger charge is -2.05. The maximum Gasteiger partial charge on any atom is 0.276 e. The van der Waals surface area contributed by atoms with E-state index in [9.17, 15) is 13.2 Å². The van der Waals surface area contributed by atoms with E-state index in [1.165, 1.54) is 7.05 Å². The van der Waals surface area contributed by atoms with Gasteiger partial charge in [-0.2, -0.15) is 5.10 Å². The van der Waals surface area contributed by atoms with E-state index in [0.717, 1.165) is 4.47 Å². The first-order valence-electron chi connectivity index (χ1n) is 7.33. The highest BCUT2D eigenvalue weighted by Gasteiger charge is 2.26. The largest absolute Gasteiger partial charge is 0.320 e. The second-order valence-corrected chi connectivity index (χ2v) is 8.22. The van der Waals surface area contributed by atoms with Crippen LogP contribution in [-0.2, 0) is 20.6 Å². The molecule has 2 aromatic rings. The van der Waals surface area contributed by atoms with Gasteiger partial charge in [0.05, 0.1) is 17.1 Å². The van der Waals surface area contributed by atoms with Crippen molar-refractivity contribution in [2.24, 2.45) is 5.10 Å². The van der Waals surface area contributed by atoms with Gasteiger partial charge in [-0.15, -0.1) is 0 Å². The van der Waals surface area contributed by atoms with Crippen LogP contribution >= 0.6 is 15.9 Å². The molecule has 0 unspecified atom stereocenters. The number of nitrogens with one attached hydrogen (secondary N) is 3. The highest BCUT2D eigenvalue weighted by molar-refractivity contribution is 9.10. The van der Waals surface area contributed by atoms with Gasteiger partial charge in [-0.05, 0) is 42.9 Å². The maximum atomic E-state index is 12.0. The molecule has 0 atom stereocenters. The minimum absolute atomic E-state index is 0.0951. The number of fused-ring (bicyclic) bond motifs is 1. The van der Waals surface area contributed by atoms with Gasteiger partial charge in [0.25, 0.3) is 5.91 Å². The Hall–Kier alpha value is -2.23. The molecule has 7 nitrogen and oxygen atoms in total. The van der Waals surface area contributed by atoms with Crippen molar-refractivity contribution >= 4 is 48.9 Å². The van der Waals surface area contributed by atoms with E-state index in [1.807, 2.05) is 12.1 Å². The van der Waals surface area contributed by atoms with E-state index < -0.39 is 10.0 Å². The summed E-state index contributed by atoms with van der Waals surface area (Å²) in [7, 11) is -1.93. The lowest BCUT2D eigenvalue weighted by atomic mass is 10.1. The van der Waals surface area contributed by atoms with Crippen LogP contribution in [0.4, 0.5) is 11.4 Å². The van der Waals surface area contributed by atoms with Gasteiger partial charge in [-0.3, -0.25) is 10.2 Å². The van der Waals surface area contributed by atoms with Crippen molar-refractivity contribution in [3.05, 3.63) is 58.1 Å². The average molecular weight is 423 g/mol. The number of halogens is 1. The number of hydrazone groups is 1. The van der Waals surface area contributed by atoms with Gasteiger partial charge in [0.2, 0.25) is 10.0 Å². The SMILES string of the molecule is CNS(=O)(=O)Cc1ccc(N/N=C2\C(=O)Nc3ccc(Br)cc32)cc1. The number of nitrogens with zero attached hydrogens (tertiary/aromatic N) is 1. The molecular weight excluding hydrogens is 408 g/mol. The van der Waals surface area contributed by atoms with Crippen LogP contribution in [0, 0.1) is 0 Å². The van der Waals surface area contributed by atoms with E-state index in [0.29, 0.717) is 22.5 Å². The predicted octanol–water partition coefficient (Wildman–Crippen LogP) is 2.27. The Labute approximate surface area is 153 Å². The molecule has 1 aliphatic rings. The van der Waals surface area contributed by atoms with Gasteiger partial charge in [0.1, 0.15) is 0 Å². The number of carbonyl (C=O) groups is 1. The van der Waals surface area contributed by atoms with Crippen molar-refractivity contribution in [2.75, 3.05) is 17.8 Å². The van der Waals surface area contributed by atoms with Crippen LogP contribution in [-0.4, -0.2) is 27.1 Å². The number of sulfonamides is 1. The van der Waals surface area contributed by atoms with Crippen LogP contribution in [0.2, 0.25) is 0 Å². The average Bonchev–Trinajstić information content (AvgIpc) is 2.89. The first-order valence-corrected chi connectivity index (χ1v) is 9.77. The Morgan fingerprint density at radius 1 is 1.16 bits per heavy atom. The molecule has 3 rings (SSSR count). The Morgan fingerprint density at radius 2 is 1.88 bits per heavy atom. The summed E-state index contributed by atoms with van der Waals surface area (Å²) in [4.78, 5) is 12.0. The maximum absolute atomic E-state index is 12.0. The second-order valence-electron chi connectivity index (χ2n) is 5.38. The van der Waals surface area contributed by atoms with Gasteiger partial charge < -0.3 is 5.32 Å². The monoisotopic (exact) mass is 422 g/mol. The molecule has 1 amide bonds. The molecule has 9 heteroatoms. The number of anilines is 2. The van der Waals surface area contributed by atoms with Gasteiger partial charge in [0.15, 0.2) is 5.71 Å². The Balaban J connectivity index is 1.77. The zero-order valence-corrected chi connectivity index (χ0v) is 15.6. The normalized spacial score (nSPS) is 15.1. The minimum atomic E-state index is -3.31. The fourth-order valence-corrected chi connectivity index (χ4v) is 3.46. The van der Waals surface area contributed by atoms with Crippen molar-refractivity contribution in [1.29, 1.82) is 0 Å². The molecule has 25 heavy (non-hydrogen) atoms. The van der Waals surface area contributed by atoms with Crippen molar-refractivity contribution in [3.8, 4) is 0 Å². The summed E-state index contributed by atoms with van der Waals surface area (Å²) in [6.07, 6.45) is 0. The van der Waals surface area contributed by atoms with Crippen LogP contribution in [0.1, 0.15) is 11.1 Å². The molecule has 0 bridgehead atoms. The fraction of sp³-hybridized carbons (Fsp3) is 0.125. The van der Waals surface area contributed by atoms with Crippen molar-refractivity contribution < 1.29 is 13.2 Å². The number of amides is 1. The zero-order valence-electron chi connectivity index (χ0n) is 13.2. The highest BCUT2D eigenvalue weighted by Crippen LogP contribution is 2.27. The molecule has 0 saturated carbocycles. The molecule has 0 aliphatic carbocycles. The molecule has 0 spiro atoms. The molecule has 1 aliphatic heterocycles. The summed E-state index contributed by atoms with van der Waals surface area (Å²) < 4.78 is 26.2. The molecule has 0 radical (unpaired) electrons. The van der Waals surface area contributed by atoms with Crippen LogP contribution in [0.3, 0.4) is 0 Å². The molecule has 0 saturated heterocycles. The number of hydrogen-bond donors (Lipinski definition) is 3. The van der Waals surface area contributed by atoms with Gasteiger partial charge >= 0.3 is 0 Å². The number of carbonyl (C=O) groups excluding carboxylic acids is 1. The summed E-state index contributed by atoms with van der Waals surface area (Å²) in [5, 5.41) is 6.93. The van der Waals surface area contributed by atoms with Gasteiger partial charge in [0, 0.05) is 10.0 Å². The molecule has 3 N–H and O–H groups in total. The first kappa shape index (κ1) is 17.6. The molecule has 0 aromatic heterocycles. The Morgan fingerprint density at radius 3 is 2.56 bits per heavy atom. The summed E-state index contributed by atoms with van der Waals surface area (Å²) in [5.41, 5.74) is 5.84. The quantitative estimate of drug-likeness (QED) is 0.643. The van der Waals surface area contributed by atoms with Crippen molar-refractivity contribution in [2.45, 2.75) is 5.75 Å². The van der Waals surface area contributed by atoms with E-state index in [1.54, 1.807) is 30.3 Å². The van der Waals surface area contributed by atoms with Gasteiger partial charge in [-0.1, -0.05) is 28.1 Å². The summed E-state index contributed by atoms with van der Waals surface area (Å²) in [6, 6.07) is 12.3. The van der Waals surface area contributed by atoms with E-state index in [2.05, 4.69) is 36.5 Å². The van der Waals surface area contributed by atoms with Gasteiger partial charge in [-0.25, -0.2) is 13.1 Å². The zero-order chi connectivity index (χ0) is 18.0. The highest BCUT2D eigenvalue weighted by atomic mass is 79.9. The smallest absolute Gasteiger partial charge is 0.276 e. The van der Waals surface area contributed by atoms with Crippen molar-refractivity contribution in [3.63, 3.8) is 0 Å². The third-order valence-corrected chi connectivity index (χ3v) is 5.45. The standard InChI is InChI=1S/C16H15BrN4O3S/c1-18-25(23,24)9-10-2-5-12(6-3-10)20-21-15-13-8-11(17)4-7-14(13)19-16(15)22/h2-8,18,20H,9H2,1H3,(H,19,21,22). The lowest BCUT2D eigenvalue weighted by molar-refractivity contribution is -0.110. The second kappa shape index (κ2) is 6.95. The van der Waals surface area contributed by atoms with Crippen LogP contribution in [0.15, 0.2) is 52.0 Å². The molecular formula is C16H15BrN4O3S. The number of benzene rings is 2. The molecule has 2 aromatic carbocycles. The third kappa shape index (κ3) is 4.06. The van der Waals surface area contributed by atoms with E-state index in [-0.39, 0.29) is 17.4 Å². The van der Waals surface area contributed by atoms with Crippen LogP contribution in [0.5, 0.6) is 0 Å². The Kier molecular flexibility index (Phi) is 4.89. The molecule has 1 heterocycles. The summed E-state index contributed by atoms with van der Waals surface area (Å²) in [5.74, 6) is -0.375. The summed E-state index contributed by atoms with van der Waals surface area (Å²) in [6.45, 7) is 0. The van der Waals surface area contributed by atoms with E-state index in [4.69, 9.17) is 0 Å². The van der Waals surface area contributed by atoms with E-state index >= 15 is 0 Å². The third-order valence-electron chi connectivity index (χ3n) is 3.62. The van der Waals surface area contributed by atoms with Crippen molar-refractivity contribution in [1.82, 2.24) is 4.72 Å². The number of hydrogen-bond acceptors (Lipinski definition) is 5. The van der Waals surface area contributed by atoms with Crippen LogP contribution < -0.4 is 15.5 Å². The molecule has 0 fully saturated rings. The Bertz CT molecular complexity index is 956. The predicted molar refractivity (Wildman–Crippen MR) is 101 cm³/mol.